The first kappa shape index (κ1) is 29.6. The zero-order chi connectivity index (χ0) is 30.2. The molecule has 0 saturated carbocycles. The van der Waals surface area contributed by atoms with Gasteiger partial charge in [-0.3, -0.25) is 14.4 Å². The molecule has 0 radical (unpaired) electrons. The summed E-state index contributed by atoms with van der Waals surface area (Å²) < 4.78 is 5.98. The van der Waals surface area contributed by atoms with Gasteiger partial charge in [-0.15, -0.1) is 23.1 Å². The minimum atomic E-state index is -0.518. The first-order valence-electron chi connectivity index (χ1n) is 13.3. The maximum atomic E-state index is 13.4. The maximum Gasteiger partial charge on any atom is 0.272 e. The molecule has 0 unspecified atom stereocenters. The summed E-state index contributed by atoms with van der Waals surface area (Å²) in [5.41, 5.74) is 2.99. The lowest BCUT2D eigenvalue weighted by Gasteiger charge is -2.11. The fourth-order valence-corrected chi connectivity index (χ4v) is 5.32. The van der Waals surface area contributed by atoms with Crippen LogP contribution in [0.4, 0.5) is 10.8 Å². The number of hydrogen-bond acceptors (Lipinski definition) is 7. The molecule has 0 aliphatic rings. The molecular weight excluding hydrogens is 581 g/mol. The number of thiazole rings is 1. The van der Waals surface area contributed by atoms with Gasteiger partial charge in [0.1, 0.15) is 17.2 Å². The predicted octanol–water partition coefficient (Wildman–Crippen LogP) is 7.16. The van der Waals surface area contributed by atoms with Crippen molar-refractivity contribution >= 4 is 57.7 Å². The summed E-state index contributed by atoms with van der Waals surface area (Å²) in [6.45, 7) is 3.94. The van der Waals surface area contributed by atoms with E-state index in [9.17, 15) is 14.4 Å². The zero-order valence-corrected chi connectivity index (χ0v) is 25.1. The molecule has 5 rings (SSSR count). The Kier molecular flexibility index (Phi) is 9.50. The van der Waals surface area contributed by atoms with E-state index in [0.29, 0.717) is 27.9 Å². The van der Waals surface area contributed by atoms with Crippen molar-refractivity contribution in [1.29, 1.82) is 0 Å². The molecule has 216 valence electrons. The van der Waals surface area contributed by atoms with Gasteiger partial charge >= 0.3 is 0 Å². The van der Waals surface area contributed by atoms with Crippen LogP contribution in [0, 0.1) is 13.8 Å². The minimum absolute atomic E-state index is 0.0196. The number of aryl methyl sites for hydroxylation is 2. The van der Waals surface area contributed by atoms with Crippen molar-refractivity contribution in [1.82, 2.24) is 10.3 Å². The number of thioether (sulfide) groups is 1. The normalized spacial score (nSPS) is 11.2. The standard InChI is InChI=1S/C33H28N4O4S2/c1-21-8-10-23(11-9-21)29-17-14-26(41-29)18-28(36-31(39)24-6-4-3-5-7-24)32(40)35-25-12-15-27(16-13-25)42-20-30(38)37-33-34-19-22(2)43-33/h3-19H,20H2,1-2H3,(H,35,40)(H,36,39)(H,34,37,38)/b28-18-. The number of benzene rings is 3. The van der Waals surface area contributed by atoms with E-state index in [0.717, 1.165) is 20.9 Å². The van der Waals surface area contributed by atoms with Crippen molar-refractivity contribution in [3.63, 3.8) is 0 Å². The summed E-state index contributed by atoms with van der Waals surface area (Å²) in [5.74, 6) is 0.178. The smallest absolute Gasteiger partial charge is 0.272 e. The van der Waals surface area contributed by atoms with E-state index in [1.165, 1.54) is 29.2 Å². The van der Waals surface area contributed by atoms with Crippen LogP contribution in [0.3, 0.4) is 0 Å². The van der Waals surface area contributed by atoms with Crippen LogP contribution >= 0.6 is 23.1 Å². The molecule has 0 spiro atoms. The molecule has 2 heterocycles. The van der Waals surface area contributed by atoms with Crippen molar-refractivity contribution < 1.29 is 18.8 Å². The Balaban J connectivity index is 1.27. The highest BCUT2D eigenvalue weighted by atomic mass is 32.2. The highest BCUT2D eigenvalue weighted by Crippen LogP contribution is 2.25. The second kappa shape index (κ2) is 13.8. The van der Waals surface area contributed by atoms with Crippen molar-refractivity contribution in [2.45, 2.75) is 18.7 Å². The number of hydrogen-bond donors (Lipinski definition) is 3. The minimum Gasteiger partial charge on any atom is -0.457 e. The lowest BCUT2D eigenvalue weighted by molar-refractivity contribution is -0.114. The van der Waals surface area contributed by atoms with Crippen molar-refractivity contribution in [3.05, 3.63) is 125 Å². The van der Waals surface area contributed by atoms with Crippen LogP contribution in [0.5, 0.6) is 0 Å². The lowest BCUT2D eigenvalue weighted by atomic mass is 10.1. The van der Waals surface area contributed by atoms with Crippen LogP contribution in [0.1, 0.15) is 26.6 Å². The number of amides is 3. The fraction of sp³-hybridized carbons (Fsp3) is 0.0909. The number of nitrogens with one attached hydrogen (secondary N) is 3. The lowest BCUT2D eigenvalue weighted by Crippen LogP contribution is -2.30. The number of nitrogens with zero attached hydrogens (tertiary/aromatic N) is 1. The molecule has 10 heteroatoms. The van der Waals surface area contributed by atoms with E-state index in [2.05, 4.69) is 20.9 Å². The largest absolute Gasteiger partial charge is 0.457 e. The van der Waals surface area contributed by atoms with Gasteiger partial charge in [0.2, 0.25) is 5.91 Å². The molecular formula is C33H28N4O4S2. The molecule has 8 nitrogen and oxygen atoms in total. The van der Waals surface area contributed by atoms with E-state index in [-0.39, 0.29) is 17.4 Å². The Morgan fingerprint density at radius 3 is 2.33 bits per heavy atom. The number of furan rings is 1. The second-order valence-electron chi connectivity index (χ2n) is 9.54. The summed E-state index contributed by atoms with van der Waals surface area (Å²) in [6, 6.07) is 27.2. The van der Waals surface area contributed by atoms with Crippen LogP contribution in [-0.4, -0.2) is 28.5 Å². The first-order valence-corrected chi connectivity index (χ1v) is 15.1. The molecule has 3 N–H and O–H groups in total. The van der Waals surface area contributed by atoms with Crippen molar-refractivity contribution in [3.8, 4) is 11.3 Å². The van der Waals surface area contributed by atoms with Crippen LogP contribution < -0.4 is 16.0 Å². The molecule has 0 aliphatic carbocycles. The Morgan fingerprint density at radius 1 is 0.884 bits per heavy atom. The molecule has 43 heavy (non-hydrogen) atoms. The van der Waals surface area contributed by atoms with Gasteiger partial charge in [-0.05, 0) is 62.4 Å². The highest BCUT2D eigenvalue weighted by molar-refractivity contribution is 8.00. The number of rotatable bonds is 10. The van der Waals surface area contributed by atoms with Crippen LogP contribution in [0.2, 0.25) is 0 Å². The van der Waals surface area contributed by atoms with Crippen LogP contribution in [-0.2, 0) is 9.59 Å². The van der Waals surface area contributed by atoms with Gasteiger partial charge in [0.15, 0.2) is 5.13 Å². The Morgan fingerprint density at radius 2 is 1.63 bits per heavy atom. The summed E-state index contributed by atoms with van der Waals surface area (Å²) >= 11 is 2.79. The van der Waals surface area contributed by atoms with Gasteiger partial charge < -0.3 is 20.4 Å². The molecule has 5 aromatic rings. The van der Waals surface area contributed by atoms with Gasteiger partial charge in [-0.1, -0.05) is 48.0 Å². The third-order valence-electron chi connectivity index (χ3n) is 6.13. The Bertz CT molecular complexity index is 1760. The van der Waals surface area contributed by atoms with E-state index in [4.69, 9.17) is 4.42 Å². The van der Waals surface area contributed by atoms with Crippen molar-refractivity contribution in [2.75, 3.05) is 16.4 Å². The Hall–Kier alpha value is -4.93. The summed E-state index contributed by atoms with van der Waals surface area (Å²) in [7, 11) is 0. The quantitative estimate of drug-likeness (QED) is 0.115. The molecule has 0 fully saturated rings. The number of aromatic nitrogens is 1. The van der Waals surface area contributed by atoms with Gasteiger partial charge in [-0.25, -0.2) is 4.98 Å². The van der Waals surface area contributed by atoms with E-state index in [1.54, 1.807) is 48.7 Å². The topological polar surface area (TPSA) is 113 Å². The van der Waals surface area contributed by atoms with Gasteiger partial charge in [0.05, 0.1) is 5.75 Å². The third-order valence-corrected chi connectivity index (χ3v) is 7.97. The molecule has 0 saturated heterocycles. The van der Waals surface area contributed by atoms with Gasteiger partial charge in [0, 0.05) is 38.9 Å². The fourth-order valence-electron chi connectivity index (χ4n) is 3.94. The van der Waals surface area contributed by atoms with E-state index >= 15 is 0 Å². The molecule has 0 aliphatic heterocycles. The maximum absolute atomic E-state index is 13.4. The predicted molar refractivity (Wildman–Crippen MR) is 172 cm³/mol. The number of anilines is 2. The van der Waals surface area contributed by atoms with E-state index in [1.807, 2.05) is 62.4 Å². The number of carbonyl (C=O) groups excluding carboxylic acids is 3. The molecule has 3 aromatic carbocycles. The molecule has 0 bridgehead atoms. The average Bonchev–Trinajstić information content (AvgIpc) is 3.65. The first-order chi connectivity index (χ1) is 20.8. The zero-order valence-electron chi connectivity index (χ0n) is 23.4. The third kappa shape index (κ3) is 8.31. The summed E-state index contributed by atoms with van der Waals surface area (Å²) in [5, 5.41) is 8.91. The SMILES string of the molecule is Cc1ccc(-c2ccc(/C=C(\NC(=O)c3ccccc3)C(=O)Nc3ccc(SCC(=O)Nc4ncc(C)s4)cc3)o2)cc1. The van der Waals surface area contributed by atoms with Crippen LogP contribution in [0.25, 0.3) is 17.4 Å². The van der Waals surface area contributed by atoms with E-state index < -0.39 is 11.8 Å². The Labute approximate surface area is 257 Å². The van der Waals surface area contributed by atoms with Gasteiger partial charge in [-0.2, -0.15) is 0 Å². The van der Waals surface area contributed by atoms with Crippen molar-refractivity contribution in [2.24, 2.45) is 0 Å². The molecule has 3 amide bonds. The second-order valence-corrected chi connectivity index (χ2v) is 11.8. The summed E-state index contributed by atoms with van der Waals surface area (Å²) in [4.78, 5) is 44.6. The van der Waals surface area contributed by atoms with Crippen LogP contribution in [0.15, 0.2) is 112 Å². The average molecular weight is 609 g/mol. The number of carbonyl (C=O) groups is 3. The highest BCUT2D eigenvalue weighted by Gasteiger charge is 2.16. The summed E-state index contributed by atoms with van der Waals surface area (Å²) in [6.07, 6.45) is 3.21. The monoisotopic (exact) mass is 608 g/mol. The molecule has 0 atom stereocenters. The molecule has 2 aromatic heterocycles. The van der Waals surface area contributed by atoms with Gasteiger partial charge in [0.25, 0.3) is 11.8 Å².